The third kappa shape index (κ3) is 6.08. The summed E-state index contributed by atoms with van der Waals surface area (Å²) in [5, 5.41) is 6.40. The number of ether oxygens (including phenoxy) is 2. The zero-order valence-corrected chi connectivity index (χ0v) is 21.0. The van der Waals surface area contributed by atoms with E-state index in [0.29, 0.717) is 27.0 Å². The lowest BCUT2D eigenvalue weighted by Crippen LogP contribution is -2.16. The third-order valence-electron chi connectivity index (χ3n) is 4.79. The van der Waals surface area contributed by atoms with Crippen LogP contribution in [0.4, 0.5) is 10.7 Å². The second kappa shape index (κ2) is 11.4. The Morgan fingerprint density at radius 2 is 1.74 bits per heavy atom. The molecule has 1 aromatic heterocycles. The van der Waals surface area contributed by atoms with E-state index in [1.807, 2.05) is 0 Å². The van der Waals surface area contributed by atoms with Crippen molar-refractivity contribution < 1.29 is 23.9 Å². The van der Waals surface area contributed by atoms with Crippen LogP contribution in [0.1, 0.15) is 38.1 Å². The standard InChI is InChI=1S/C24H22Cl2N2O5S/c1-4-33-24(31)20-13(2)21(22(30)27-18-12-15(25)7-10-17(18)26)34-23(20)28-19(29)11-14-5-8-16(32-3)9-6-14/h5-10,12H,4,11H2,1-3H3,(H,27,30)(H,28,29). The molecule has 3 aromatic rings. The largest absolute Gasteiger partial charge is 0.497 e. The molecule has 0 aliphatic carbocycles. The number of nitrogens with one attached hydrogen (secondary N) is 2. The van der Waals surface area contributed by atoms with E-state index in [4.69, 9.17) is 32.7 Å². The van der Waals surface area contributed by atoms with Crippen LogP contribution < -0.4 is 15.4 Å². The zero-order valence-electron chi connectivity index (χ0n) is 18.7. The molecule has 0 spiro atoms. The minimum Gasteiger partial charge on any atom is -0.497 e. The Kier molecular flexibility index (Phi) is 8.55. The maximum absolute atomic E-state index is 13.0. The highest BCUT2D eigenvalue weighted by Crippen LogP contribution is 2.35. The van der Waals surface area contributed by atoms with Gasteiger partial charge in [0.15, 0.2) is 0 Å². The van der Waals surface area contributed by atoms with Gasteiger partial charge in [-0.05, 0) is 55.3 Å². The molecule has 2 amide bonds. The van der Waals surface area contributed by atoms with E-state index >= 15 is 0 Å². The average Bonchev–Trinajstić information content (AvgIpc) is 3.12. The van der Waals surface area contributed by atoms with E-state index in [1.54, 1.807) is 57.4 Å². The molecule has 2 aromatic carbocycles. The molecule has 178 valence electrons. The summed E-state index contributed by atoms with van der Waals surface area (Å²) in [7, 11) is 1.56. The lowest BCUT2D eigenvalue weighted by atomic mass is 10.1. The fraction of sp³-hybridized carbons (Fsp3) is 0.208. The second-order valence-electron chi connectivity index (χ2n) is 7.13. The molecule has 3 rings (SSSR count). The Morgan fingerprint density at radius 1 is 1.03 bits per heavy atom. The van der Waals surface area contributed by atoms with Gasteiger partial charge < -0.3 is 20.1 Å². The maximum Gasteiger partial charge on any atom is 0.341 e. The van der Waals surface area contributed by atoms with Gasteiger partial charge in [0, 0.05) is 5.02 Å². The van der Waals surface area contributed by atoms with Gasteiger partial charge in [0.25, 0.3) is 5.91 Å². The summed E-state index contributed by atoms with van der Waals surface area (Å²) in [6, 6.07) is 11.8. The molecule has 1 heterocycles. The van der Waals surface area contributed by atoms with E-state index < -0.39 is 11.9 Å². The smallest absolute Gasteiger partial charge is 0.341 e. The van der Waals surface area contributed by atoms with Crippen molar-refractivity contribution in [2.75, 3.05) is 24.4 Å². The summed E-state index contributed by atoms with van der Waals surface area (Å²) in [5.74, 6) is -0.788. The number of rotatable bonds is 8. The van der Waals surface area contributed by atoms with E-state index in [1.165, 1.54) is 6.07 Å². The number of amides is 2. The molecule has 0 fully saturated rings. The summed E-state index contributed by atoms with van der Waals surface area (Å²) >= 11 is 13.1. The summed E-state index contributed by atoms with van der Waals surface area (Å²) in [4.78, 5) is 38.6. The van der Waals surface area contributed by atoms with Crippen LogP contribution in [0.2, 0.25) is 10.0 Å². The molecule has 0 bridgehead atoms. The number of carbonyl (C=O) groups is 3. The molecule has 0 saturated carbocycles. The molecule has 7 nitrogen and oxygen atoms in total. The van der Waals surface area contributed by atoms with Gasteiger partial charge in [-0.2, -0.15) is 0 Å². The summed E-state index contributed by atoms with van der Waals surface area (Å²) in [6.45, 7) is 3.44. The topological polar surface area (TPSA) is 93.7 Å². The number of esters is 1. The molecule has 0 saturated heterocycles. The van der Waals surface area contributed by atoms with Crippen molar-refractivity contribution in [1.82, 2.24) is 0 Å². The minimum absolute atomic E-state index is 0.0723. The average molecular weight is 521 g/mol. The van der Waals surface area contributed by atoms with Crippen LogP contribution >= 0.6 is 34.5 Å². The number of methoxy groups -OCH3 is 1. The number of thiophene rings is 1. The van der Waals surface area contributed by atoms with Gasteiger partial charge in [0.05, 0.1) is 41.3 Å². The Labute approximate surface area is 211 Å². The predicted octanol–water partition coefficient (Wildman–Crippen LogP) is 5.98. The van der Waals surface area contributed by atoms with Gasteiger partial charge in [-0.15, -0.1) is 11.3 Å². The fourth-order valence-electron chi connectivity index (χ4n) is 3.14. The van der Waals surface area contributed by atoms with Crippen LogP contribution in [0.15, 0.2) is 42.5 Å². The van der Waals surface area contributed by atoms with Gasteiger partial charge in [-0.1, -0.05) is 35.3 Å². The fourth-order valence-corrected chi connectivity index (χ4v) is 4.58. The van der Waals surface area contributed by atoms with Crippen molar-refractivity contribution in [2.45, 2.75) is 20.3 Å². The highest BCUT2D eigenvalue weighted by Gasteiger charge is 2.27. The normalized spacial score (nSPS) is 10.5. The van der Waals surface area contributed by atoms with Crippen molar-refractivity contribution in [3.8, 4) is 5.75 Å². The molecule has 0 atom stereocenters. The number of halogens is 2. The van der Waals surface area contributed by atoms with Crippen molar-refractivity contribution in [3.05, 3.63) is 74.1 Å². The minimum atomic E-state index is -0.629. The quantitative estimate of drug-likeness (QED) is 0.356. The zero-order chi connectivity index (χ0) is 24.8. The van der Waals surface area contributed by atoms with Gasteiger partial charge in [0.1, 0.15) is 10.8 Å². The Balaban J connectivity index is 1.87. The highest BCUT2D eigenvalue weighted by molar-refractivity contribution is 7.19. The number of anilines is 2. The van der Waals surface area contributed by atoms with Gasteiger partial charge in [-0.3, -0.25) is 9.59 Å². The van der Waals surface area contributed by atoms with Crippen LogP contribution in [0, 0.1) is 6.92 Å². The monoisotopic (exact) mass is 520 g/mol. The summed E-state index contributed by atoms with van der Waals surface area (Å²) in [6.07, 6.45) is 0.0723. The summed E-state index contributed by atoms with van der Waals surface area (Å²) in [5.41, 5.74) is 1.61. The molecule has 0 unspecified atom stereocenters. The van der Waals surface area contributed by atoms with Gasteiger partial charge >= 0.3 is 5.97 Å². The van der Waals surface area contributed by atoms with E-state index in [0.717, 1.165) is 16.9 Å². The molecule has 2 N–H and O–H groups in total. The maximum atomic E-state index is 13.0. The summed E-state index contributed by atoms with van der Waals surface area (Å²) < 4.78 is 10.3. The number of benzene rings is 2. The lowest BCUT2D eigenvalue weighted by Gasteiger charge is -2.08. The molecular weight excluding hydrogens is 499 g/mol. The van der Waals surface area contributed by atoms with Crippen molar-refractivity contribution >= 4 is 63.0 Å². The van der Waals surface area contributed by atoms with Gasteiger partial charge in [-0.25, -0.2) is 4.79 Å². The molecule has 0 radical (unpaired) electrons. The van der Waals surface area contributed by atoms with E-state index in [9.17, 15) is 14.4 Å². The van der Waals surface area contributed by atoms with Crippen LogP contribution in [0.3, 0.4) is 0 Å². The lowest BCUT2D eigenvalue weighted by molar-refractivity contribution is -0.115. The van der Waals surface area contributed by atoms with Gasteiger partial charge in [0.2, 0.25) is 5.91 Å². The highest BCUT2D eigenvalue weighted by atomic mass is 35.5. The molecule has 10 heteroatoms. The Hall–Kier alpha value is -3.07. The van der Waals surface area contributed by atoms with E-state index in [-0.39, 0.29) is 34.4 Å². The molecule has 34 heavy (non-hydrogen) atoms. The molecule has 0 aliphatic heterocycles. The third-order valence-corrected chi connectivity index (χ3v) is 6.56. The number of carbonyl (C=O) groups excluding carboxylic acids is 3. The first kappa shape index (κ1) is 25.6. The first-order chi connectivity index (χ1) is 16.2. The molecular formula is C24H22Cl2N2O5S. The SMILES string of the molecule is CCOC(=O)c1c(NC(=O)Cc2ccc(OC)cc2)sc(C(=O)Nc2cc(Cl)ccc2Cl)c1C. The number of hydrogen-bond donors (Lipinski definition) is 2. The van der Waals surface area contributed by atoms with E-state index in [2.05, 4.69) is 10.6 Å². The van der Waals surface area contributed by atoms with Crippen LogP contribution in [0.5, 0.6) is 5.75 Å². The van der Waals surface area contributed by atoms with Crippen molar-refractivity contribution in [1.29, 1.82) is 0 Å². The van der Waals surface area contributed by atoms with Crippen LogP contribution in [0.25, 0.3) is 0 Å². The number of hydrogen-bond acceptors (Lipinski definition) is 6. The van der Waals surface area contributed by atoms with Crippen LogP contribution in [-0.4, -0.2) is 31.5 Å². The first-order valence-corrected chi connectivity index (χ1v) is 11.8. The molecule has 0 aliphatic rings. The predicted molar refractivity (Wildman–Crippen MR) is 135 cm³/mol. The first-order valence-electron chi connectivity index (χ1n) is 10.2. The van der Waals surface area contributed by atoms with Crippen molar-refractivity contribution in [2.24, 2.45) is 0 Å². The Morgan fingerprint density at radius 3 is 2.38 bits per heavy atom. The van der Waals surface area contributed by atoms with Crippen molar-refractivity contribution in [3.63, 3.8) is 0 Å². The van der Waals surface area contributed by atoms with Crippen LogP contribution in [-0.2, 0) is 16.0 Å². The Bertz CT molecular complexity index is 1220. The second-order valence-corrected chi connectivity index (χ2v) is 9.00.